The highest BCUT2D eigenvalue weighted by atomic mass is 32.1. The summed E-state index contributed by atoms with van der Waals surface area (Å²) < 4.78 is 5.40. The summed E-state index contributed by atoms with van der Waals surface area (Å²) in [4.78, 5) is 1.45. The molecule has 2 rings (SSSR count). The van der Waals surface area contributed by atoms with Gasteiger partial charge in [-0.15, -0.1) is 11.3 Å². The monoisotopic (exact) mass is 239 g/mol. The highest BCUT2D eigenvalue weighted by Gasteiger charge is 2.20. The molecule has 2 heterocycles. The minimum atomic E-state index is 0.501. The number of hydrogen-bond donors (Lipinski definition) is 1. The number of rotatable bonds is 5. The van der Waals surface area contributed by atoms with E-state index in [1.54, 1.807) is 0 Å². The second kappa shape index (κ2) is 5.80. The molecule has 1 aromatic rings. The second-order valence-electron chi connectivity index (χ2n) is 4.87. The van der Waals surface area contributed by atoms with E-state index in [0.717, 1.165) is 19.8 Å². The van der Waals surface area contributed by atoms with Crippen LogP contribution in [0.4, 0.5) is 0 Å². The van der Waals surface area contributed by atoms with E-state index in [2.05, 4.69) is 36.7 Å². The summed E-state index contributed by atoms with van der Waals surface area (Å²) in [5.41, 5.74) is 0. The molecule has 1 fully saturated rings. The van der Waals surface area contributed by atoms with Crippen molar-refractivity contribution in [2.24, 2.45) is 11.8 Å². The lowest BCUT2D eigenvalue weighted by Crippen LogP contribution is -2.30. The van der Waals surface area contributed by atoms with Crippen LogP contribution in [0.1, 0.15) is 31.2 Å². The Kier molecular flexibility index (Phi) is 4.38. The number of thiophene rings is 1. The first-order valence-corrected chi connectivity index (χ1v) is 7.00. The Bertz CT molecular complexity index is 291. The molecule has 1 aliphatic heterocycles. The summed E-state index contributed by atoms with van der Waals surface area (Å²) in [5.74, 6) is 1.35. The van der Waals surface area contributed by atoms with Crippen LogP contribution >= 0.6 is 11.3 Å². The molecule has 0 bridgehead atoms. The number of ether oxygens (including phenoxy) is 1. The largest absolute Gasteiger partial charge is 0.381 e. The Labute approximate surface area is 102 Å². The lowest BCUT2D eigenvalue weighted by atomic mass is 10.0. The fourth-order valence-corrected chi connectivity index (χ4v) is 3.14. The zero-order chi connectivity index (χ0) is 11.4. The third-order valence-electron chi connectivity index (χ3n) is 3.17. The van der Waals surface area contributed by atoms with Crippen LogP contribution in [0.2, 0.25) is 0 Å². The summed E-state index contributed by atoms with van der Waals surface area (Å²) >= 11 is 1.85. The van der Waals surface area contributed by atoms with E-state index in [4.69, 9.17) is 4.74 Å². The molecule has 1 N–H and O–H groups in total. The molecule has 16 heavy (non-hydrogen) atoms. The van der Waals surface area contributed by atoms with Gasteiger partial charge >= 0.3 is 0 Å². The van der Waals surface area contributed by atoms with Crippen molar-refractivity contribution in [2.45, 2.75) is 26.3 Å². The first-order chi connectivity index (χ1) is 7.77. The lowest BCUT2D eigenvalue weighted by molar-refractivity contribution is 0.184. The summed E-state index contributed by atoms with van der Waals surface area (Å²) in [5, 5.41) is 5.85. The lowest BCUT2D eigenvalue weighted by Gasteiger charge is -2.22. The van der Waals surface area contributed by atoms with Gasteiger partial charge in [0.25, 0.3) is 0 Å². The van der Waals surface area contributed by atoms with Crippen molar-refractivity contribution in [3.63, 3.8) is 0 Å². The summed E-state index contributed by atoms with van der Waals surface area (Å²) in [7, 11) is 0. The van der Waals surface area contributed by atoms with Crippen molar-refractivity contribution in [1.82, 2.24) is 5.32 Å². The van der Waals surface area contributed by atoms with Crippen molar-refractivity contribution in [3.8, 4) is 0 Å². The Morgan fingerprint density at radius 1 is 1.56 bits per heavy atom. The highest BCUT2D eigenvalue weighted by Crippen LogP contribution is 2.26. The topological polar surface area (TPSA) is 21.3 Å². The predicted octanol–water partition coefficient (Wildman–Crippen LogP) is 3.07. The van der Waals surface area contributed by atoms with Crippen LogP contribution in [0, 0.1) is 11.8 Å². The minimum absolute atomic E-state index is 0.501. The molecule has 2 atom stereocenters. The van der Waals surface area contributed by atoms with Gasteiger partial charge in [0.15, 0.2) is 0 Å². The smallest absolute Gasteiger partial charge is 0.0507 e. The van der Waals surface area contributed by atoms with E-state index in [-0.39, 0.29) is 0 Å². The van der Waals surface area contributed by atoms with E-state index in [0.29, 0.717) is 17.9 Å². The maximum absolute atomic E-state index is 5.40. The summed E-state index contributed by atoms with van der Waals surface area (Å²) in [6.45, 7) is 7.52. The van der Waals surface area contributed by atoms with Crippen molar-refractivity contribution in [3.05, 3.63) is 22.4 Å². The van der Waals surface area contributed by atoms with Crippen molar-refractivity contribution in [1.29, 1.82) is 0 Å². The standard InChI is InChI=1S/C13H21NOS/c1-10(2)13(12-4-3-7-16-12)14-8-11-5-6-15-9-11/h3-4,7,10-11,13-14H,5-6,8-9H2,1-2H3. The number of hydrogen-bond acceptors (Lipinski definition) is 3. The van der Waals surface area contributed by atoms with Gasteiger partial charge in [-0.25, -0.2) is 0 Å². The van der Waals surface area contributed by atoms with Crippen molar-refractivity contribution < 1.29 is 4.74 Å². The molecular weight excluding hydrogens is 218 g/mol. The zero-order valence-electron chi connectivity index (χ0n) is 10.1. The molecule has 0 aromatic carbocycles. The van der Waals surface area contributed by atoms with E-state index >= 15 is 0 Å². The van der Waals surface area contributed by atoms with Gasteiger partial charge in [-0.05, 0) is 29.7 Å². The first kappa shape index (κ1) is 12.1. The maximum Gasteiger partial charge on any atom is 0.0507 e. The summed E-state index contributed by atoms with van der Waals surface area (Å²) in [6.07, 6.45) is 1.21. The molecule has 1 aliphatic rings. The van der Waals surface area contributed by atoms with Crippen LogP contribution in [0.5, 0.6) is 0 Å². The van der Waals surface area contributed by atoms with Gasteiger partial charge in [0.05, 0.1) is 6.61 Å². The second-order valence-corrected chi connectivity index (χ2v) is 5.85. The molecule has 2 unspecified atom stereocenters. The van der Waals surface area contributed by atoms with Crippen LogP contribution in [-0.2, 0) is 4.74 Å². The van der Waals surface area contributed by atoms with Crippen LogP contribution in [0.3, 0.4) is 0 Å². The van der Waals surface area contributed by atoms with E-state index < -0.39 is 0 Å². The molecule has 1 aromatic heterocycles. The van der Waals surface area contributed by atoms with Gasteiger partial charge in [-0.1, -0.05) is 19.9 Å². The van der Waals surface area contributed by atoms with Gasteiger partial charge in [0.2, 0.25) is 0 Å². The van der Waals surface area contributed by atoms with Gasteiger partial charge in [0, 0.05) is 24.1 Å². The molecule has 3 heteroatoms. The molecule has 0 saturated carbocycles. The summed E-state index contributed by atoms with van der Waals surface area (Å²) in [6, 6.07) is 4.86. The van der Waals surface area contributed by atoms with Gasteiger partial charge in [0.1, 0.15) is 0 Å². The maximum atomic E-state index is 5.40. The van der Waals surface area contributed by atoms with E-state index in [1.807, 2.05) is 11.3 Å². The van der Waals surface area contributed by atoms with Gasteiger partial charge in [-0.2, -0.15) is 0 Å². The predicted molar refractivity (Wildman–Crippen MR) is 68.8 cm³/mol. The van der Waals surface area contributed by atoms with Gasteiger partial charge in [-0.3, -0.25) is 0 Å². The minimum Gasteiger partial charge on any atom is -0.381 e. The molecule has 90 valence electrons. The molecule has 0 spiro atoms. The van der Waals surface area contributed by atoms with E-state index in [1.165, 1.54) is 11.3 Å². The first-order valence-electron chi connectivity index (χ1n) is 6.12. The zero-order valence-corrected chi connectivity index (χ0v) is 10.9. The average molecular weight is 239 g/mol. The Morgan fingerprint density at radius 2 is 2.44 bits per heavy atom. The quantitative estimate of drug-likeness (QED) is 0.852. The van der Waals surface area contributed by atoms with E-state index in [9.17, 15) is 0 Å². The van der Waals surface area contributed by atoms with Crippen molar-refractivity contribution in [2.75, 3.05) is 19.8 Å². The third-order valence-corrected chi connectivity index (χ3v) is 4.12. The molecular formula is C13H21NOS. The fraction of sp³-hybridized carbons (Fsp3) is 0.692. The average Bonchev–Trinajstić information content (AvgIpc) is 2.88. The molecule has 0 radical (unpaired) electrons. The fourth-order valence-electron chi connectivity index (χ4n) is 2.17. The molecule has 0 amide bonds. The third kappa shape index (κ3) is 3.06. The van der Waals surface area contributed by atoms with Crippen LogP contribution < -0.4 is 5.32 Å². The van der Waals surface area contributed by atoms with Crippen LogP contribution in [0.15, 0.2) is 17.5 Å². The Balaban J connectivity index is 1.88. The number of nitrogens with one attached hydrogen (secondary N) is 1. The van der Waals surface area contributed by atoms with Crippen molar-refractivity contribution >= 4 is 11.3 Å². The Hall–Kier alpha value is -0.380. The molecule has 0 aliphatic carbocycles. The normalized spacial score (nSPS) is 22.8. The molecule has 2 nitrogen and oxygen atoms in total. The highest BCUT2D eigenvalue weighted by molar-refractivity contribution is 7.10. The van der Waals surface area contributed by atoms with Crippen LogP contribution in [0.25, 0.3) is 0 Å². The molecule has 1 saturated heterocycles. The Morgan fingerprint density at radius 3 is 3.00 bits per heavy atom. The van der Waals surface area contributed by atoms with Crippen LogP contribution in [-0.4, -0.2) is 19.8 Å². The van der Waals surface area contributed by atoms with Gasteiger partial charge < -0.3 is 10.1 Å². The SMILES string of the molecule is CC(C)C(NCC1CCOC1)c1cccs1.